The molecule has 106 valence electrons. The Morgan fingerprint density at radius 3 is 2.28 bits per heavy atom. The van der Waals surface area contributed by atoms with Crippen LogP contribution in [0.1, 0.15) is 59.8 Å². The monoisotopic (exact) mass is 254 g/mol. The van der Waals surface area contributed by atoms with E-state index >= 15 is 0 Å². The molecule has 0 aromatic heterocycles. The van der Waals surface area contributed by atoms with Crippen molar-refractivity contribution in [3.05, 3.63) is 0 Å². The van der Waals surface area contributed by atoms with Crippen LogP contribution in [0, 0.1) is 11.3 Å². The minimum Gasteiger partial charge on any atom is -0.356 e. The van der Waals surface area contributed by atoms with Crippen LogP contribution in [0.15, 0.2) is 0 Å². The van der Waals surface area contributed by atoms with Crippen LogP contribution in [0.2, 0.25) is 0 Å². The van der Waals surface area contributed by atoms with Crippen molar-refractivity contribution in [1.82, 2.24) is 10.6 Å². The molecule has 0 aromatic carbocycles. The van der Waals surface area contributed by atoms with E-state index in [4.69, 9.17) is 0 Å². The zero-order valence-corrected chi connectivity index (χ0v) is 12.5. The van der Waals surface area contributed by atoms with Gasteiger partial charge in [-0.3, -0.25) is 4.79 Å². The first-order valence-corrected chi connectivity index (χ1v) is 7.43. The molecule has 0 aliphatic heterocycles. The van der Waals surface area contributed by atoms with Crippen LogP contribution in [0.3, 0.4) is 0 Å². The predicted octanol–water partition coefficient (Wildman–Crippen LogP) is 2.71. The quantitative estimate of drug-likeness (QED) is 0.792. The first kappa shape index (κ1) is 15.5. The van der Waals surface area contributed by atoms with Gasteiger partial charge in [-0.05, 0) is 43.9 Å². The van der Waals surface area contributed by atoms with Gasteiger partial charge in [0.2, 0.25) is 5.91 Å². The topological polar surface area (TPSA) is 41.1 Å². The molecule has 1 fully saturated rings. The van der Waals surface area contributed by atoms with Gasteiger partial charge in [0.1, 0.15) is 0 Å². The molecule has 3 nitrogen and oxygen atoms in total. The van der Waals surface area contributed by atoms with E-state index in [0.29, 0.717) is 17.9 Å². The molecule has 0 radical (unpaired) electrons. The molecule has 0 atom stereocenters. The first-order valence-electron chi connectivity index (χ1n) is 7.43. The van der Waals surface area contributed by atoms with Crippen LogP contribution in [0.25, 0.3) is 0 Å². The van der Waals surface area contributed by atoms with Gasteiger partial charge in [-0.2, -0.15) is 0 Å². The van der Waals surface area contributed by atoms with Gasteiger partial charge < -0.3 is 10.6 Å². The van der Waals surface area contributed by atoms with Crippen LogP contribution in [0.4, 0.5) is 0 Å². The molecule has 0 heterocycles. The van der Waals surface area contributed by atoms with Crippen LogP contribution >= 0.6 is 0 Å². The van der Waals surface area contributed by atoms with Crippen LogP contribution in [-0.2, 0) is 4.79 Å². The molecule has 1 saturated carbocycles. The van der Waals surface area contributed by atoms with Gasteiger partial charge in [0.25, 0.3) is 0 Å². The zero-order valence-electron chi connectivity index (χ0n) is 12.5. The second-order valence-electron chi connectivity index (χ2n) is 6.57. The lowest BCUT2D eigenvalue weighted by atomic mass is 9.71. The van der Waals surface area contributed by atoms with E-state index in [0.717, 1.165) is 19.0 Å². The molecule has 0 spiro atoms. The van der Waals surface area contributed by atoms with Crippen molar-refractivity contribution < 1.29 is 4.79 Å². The predicted molar refractivity (Wildman–Crippen MR) is 76.5 cm³/mol. The van der Waals surface area contributed by atoms with Gasteiger partial charge in [0, 0.05) is 25.6 Å². The molecule has 1 aliphatic rings. The highest BCUT2D eigenvalue weighted by atomic mass is 16.1. The fraction of sp³-hybridized carbons (Fsp3) is 0.933. The number of rotatable bonds is 5. The number of hydrogen-bond acceptors (Lipinski definition) is 2. The number of nitrogens with one attached hydrogen (secondary N) is 2. The minimum absolute atomic E-state index is 0.161. The van der Waals surface area contributed by atoms with E-state index in [1.807, 2.05) is 6.92 Å². The van der Waals surface area contributed by atoms with Crippen molar-refractivity contribution >= 4 is 5.91 Å². The van der Waals surface area contributed by atoms with Crippen molar-refractivity contribution in [2.45, 2.75) is 65.8 Å². The van der Waals surface area contributed by atoms with Crippen molar-refractivity contribution in [2.75, 3.05) is 13.1 Å². The second kappa shape index (κ2) is 7.13. The number of amides is 1. The molecule has 0 bridgehead atoms. The van der Waals surface area contributed by atoms with Gasteiger partial charge in [-0.25, -0.2) is 0 Å². The summed E-state index contributed by atoms with van der Waals surface area (Å²) in [6.45, 7) is 10.5. The normalized spacial score (nSPS) is 24.9. The first-order chi connectivity index (χ1) is 8.43. The molecule has 0 aromatic rings. The Bertz CT molecular complexity index is 250. The third kappa shape index (κ3) is 5.38. The fourth-order valence-electron chi connectivity index (χ4n) is 2.84. The molecular weight excluding hydrogens is 224 g/mol. The highest BCUT2D eigenvalue weighted by molar-refractivity contribution is 5.75. The molecule has 1 rings (SSSR count). The summed E-state index contributed by atoms with van der Waals surface area (Å²) in [4.78, 5) is 11.3. The standard InChI is InChI=1S/C15H30N2O/c1-5-16-14(18)10-11-17-13-8-6-12(7-9-13)15(2,3)4/h12-13,17H,5-11H2,1-4H3,(H,16,18). The zero-order chi connectivity index (χ0) is 13.6. The van der Waals surface area contributed by atoms with Crippen molar-refractivity contribution in [3.63, 3.8) is 0 Å². The lowest BCUT2D eigenvalue weighted by molar-refractivity contribution is -0.120. The molecule has 1 amide bonds. The van der Waals surface area contributed by atoms with Gasteiger partial charge in [-0.15, -0.1) is 0 Å². The maximum absolute atomic E-state index is 11.3. The van der Waals surface area contributed by atoms with Gasteiger partial charge in [-0.1, -0.05) is 20.8 Å². The van der Waals surface area contributed by atoms with Crippen molar-refractivity contribution in [3.8, 4) is 0 Å². The summed E-state index contributed by atoms with van der Waals surface area (Å²) in [6, 6.07) is 0.623. The molecule has 0 saturated heterocycles. The Balaban J connectivity index is 2.14. The number of hydrogen-bond donors (Lipinski definition) is 2. The van der Waals surface area contributed by atoms with Gasteiger partial charge in [0.15, 0.2) is 0 Å². The molecule has 3 heteroatoms. The lowest BCUT2D eigenvalue weighted by Crippen LogP contribution is -2.38. The fourth-order valence-corrected chi connectivity index (χ4v) is 2.84. The lowest BCUT2D eigenvalue weighted by Gasteiger charge is -2.37. The molecule has 2 N–H and O–H groups in total. The second-order valence-corrected chi connectivity index (χ2v) is 6.57. The Morgan fingerprint density at radius 2 is 1.78 bits per heavy atom. The van der Waals surface area contributed by atoms with E-state index < -0.39 is 0 Å². The average Bonchev–Trinajstić information content (AvgIpc) is 2.29. The molecule has 1 aliphatic carbocycles. The maximum Gasteiger partial charge on any atom is 0.221 e. The van der Waals surface area contributed by atoms with Crippen LogP contribution < -0.4 is 10.6 Å². The highest BCUT2D eigenvalue weighted by Crippen LogP contribution is 2.37. The summed E-state index contributed by atoms with van der Waals surface area (Å²) < 4.78 is 0. The van der Waals surface area contributed by atoms with Crippen molar-refractivity contribution in [1.29, 1.82) is 0 Å². The molecule has 18 heavy (non-hydrogen) atoms. The molecular formula is C15H30N2O. The largest absolute Gasteiger partial charge is 0.356 e. The molecule has 0 unspecified atom stereocenters. The maximum atomic E-state index is 11.3. The summed E-state index contributed by atoms with van der Waals surface area (Å²) in [7, 11) is 0. The van der Waals surface area contributed by atoms with E-state index in [-0.39, 0.29) is 5.91 Å². The Morgan fingerprint density at radius 1 is 1.17 bits per heavy atom. The highest BCUT2D eigenvalue weighted by Gasteiger charge is 2.29. The van der Waals surface area contributed by atoms with E-state index in [1.54, 1.807) is 0 Å². The van der Waals surface area contributed by atoms with Gasteiger partial charge >= 0.3 is 0 Å². The van der Waals surface area contributed by atoms with E-state index in [9.17, 15) is 4.79 Å². The van der Waals surface area contributed by atoms with E-state index in [1.165, 1.54) is 25.7 Å². The minimum atomic E-state index is 0.161. The van der Waals surface area contributed by atoms with Gasteiger partial charge in [0.05, 0.1) is 0 Å². The third-order valence-corrected chi connectivity index (χ3v) is 4.11. The average molecular weight is 254 g/mol. The summed E-state index contributed by atoms with van der Waals surface area (Å²) in [5.41, 5.74) is 0.450. The number of carbonyl (C=O) groups is 1. The Kier molecular flexibility index (Phi) is 6.13. The summed E-state index contributed by atoms with van der Waals surface area (Å²) in [6.07, 6.45) is 5.77. The third-order valence-electron chi connectivity index (χ3n) is 4.11. The summed E-state index contributed by atoms with van der Waals surface area (Å²) in [5, 5.41) is 6.35. The van der Waals surface area contributed by atoms with Crippen LogP contribution in [0.5, 0.6) is 0 Å². The van der Waals surface area contributed by atoms with E-state index in [2.05, 4.69) is 31.4 Å². The van der Waals surface area contributed by atoms with Crippen molar-refractivity contribution in [2.24, 2.45) is 11.3 Å². The SMILES string of the molecule is CCNC(=O)CCNC1CCC(C(C)(C)C)CC1. The Labute approximate surface area is 112 Å². The summed E-state index contributed by atoms with van der Waals surface area (Å²) >= 11 is 0. The smallest absolute Gasteiger partial charge is 0.221 e. The summed E-state index contributed by atoms with van der Waals surface area (Å²) in [5.74, 6) is 1.02. The van der Waals surface area contributed by atoms with Crippen LogP contribution in [-0.4, -0.2) is 25.0 Å². The number of carbonyl (C=O) groups excluding carboxylic acids is 1. The Hall–Kier alpha value is -0.570.